The number of rotatable bonds is 4. The molecule has 0 radical (unpaired) electrons. The van der Waals surface area contributed by atoms with Gasteiger partial charge in [-0.1, -0.05) is 0 Å². The molecule has 0 saturated carbocycles. The minimum Gasteiger partial charge on any atom is -0.870 e. The van der Waals surface area contributed by atoms with Crippen molar-refractivity contribution in [1.82, 2.24) is 0 Å². The molecule has 0 aliphatic rings. The molecule has 0 aromatic rings. The second-order valence-electron chi connectivity index (χ2n) is 2.26. The molecular formula is CH4CaK4Na2O18P4. The summed E-state index contributed by atoms with van der Waals surface area (Å²) in [7, 11) is -22.1. The Hall–Kier alpha value is 9.56. The molecule has 144 valence electrons. The Labute approximate surface area is 413 Å². The third-order valence-corrected chi connectivity index (χ3v) is 3.66. The average Bonchev–Trinajstić information content (AvgIpc) is 1.84. The van der Waals surface area contributed by atoms with E-state index in [0.29, 0.717) is 0 Å². The van der Waals surface area contributed by atoms with E-state index in [0.717, 1.165) is 0 Å². The first-order valence-corrected chi connectivity index (χ1v) is 9.50. The summed E-state index contributed by atoms with van der Waals surface area (Å²) < 4.78 is 42.9. The van der Waals surface area contributed by atoms with Gasteiger partial charge < -0.3 is 77.6 Å². The third kappa shape index (κ3) is 108. The molecule has 4 N–H and O–H groups in total. The minimum atomic E-state index is -5.68. The summed E-state index contributed by atoms with van der Waals surface area (Å²) in [5, 5.41) is 15.3. The van der Waals surface area contributed by atoms with Crippen LogP contribution in [0.4, 0.5) is 4.79 Å². The normalized spacial score (nSPS) is 9.07. The van der Waals surface area contributed by atoms with Crippen molar-refractivity contribution in [3.8, 4) is 0 Å². The van der Waals surface area contributed by atoms with Gasteiger partial charge in [0, 0.05) is 0 Å². The summed E-state index contributed by atoms with van der Waals surface area (Å²) in [6, 6.07) is 0. The average molecular weight is 670 g/mol. The van der Waals surface area contributed by atoms with Crippen molar-refractivity contribution in [3.63, 3.8) is 0 Å². The molecule has 0 atom stereocenters. The molecule has 0 aromatic carbocycles. The predicted octanol–water partition coefficient (Wildman–Crippen LogP) is -25.1. The van der Waals surface area contributed by atoms with Gasteiger partial charge in [0.1, 0.15) is 0 Å². The van der Waals surface area contributed by atoms with Crippen molar-refractivity contribution in [2.45, 2.75) is 0 Å². The van der Waals surface area contributed by atoms with Gasteiger partial charge in [-0.15, -0.1) is 0 Å². The van der Waals surface area contributed by atoms with Gasteiger partial charge in [0.25, 0.3) is 0 Å². The second-order valence-corrected chi connectivity index (χ2v) is 7.23. The van der Waals surface area contributed by atoms with E-state index in [2.05, 4.69) is 8.62 Å². The van der Waals surface area contributed by atoms with Crippen molar-refractivity contribution >= 4 is 75.2 Å². The fourth-order valence-electron chi connectivity index (χ4n) is 0.253. The van der Waals surface area contributed by atoms with Crippen LogP contribution in [0.1, 0.15) is 0 Å². The number of carboxylic acid groups (broad SMARTS) is 2. The molecule has 0 unspecified atom stereocenters. The summed E-state index contributed by atoms with van der Waals surface area (Å²) in [5.74, 6) is 0. The van der Waals surface area contributed by atoms with Crippen molar-refractivity contribution < 1.29 is 351 Å². The Balaban J connectivity index is -0.0000000185. The zero-order valence-corrected chi connectivity index (χ0v) is 38.8. The topological polar surface area (TPSA) is 356 Å². The first-order valence-electron chi connectivity index (χ1n) is 3.59. The zero-order valence-electron chi connectivity index (χ0n) is 16.5. The van der Waals surface area contributed by atoms with Crippen LogP contribution in [0.3, 0.4) is 0 Å². The van der Waals surface area contributed by atoms with E-state index in [1.54, 1.807) is 0 Å². The van der Waals surface area contributed by atoms with Crippen molar-refractivity contribution in [2.24, 2.45) is 0 Å². The van der Waals surface area contributed by atoms with Gasteiger partial charge in [0.05, 0.1) is 23.5 Å². The van der Waals surface area contributed by atoms with E-state index in [9.17, 15) is 47.6 Å². The molecule has 0 spiro atoms. The molecule has 30 heavy (non-hydrogen) atoms. The molecular weight excluding hydrogens is 666 g/mol. The van der Waals surface area contributed by atoms with Crippen LogP contribution in [0.2, 0.25) is 0 Å². The van der Waals surface area contributed by atoms with Crippen LogP contribution in [0.15, 0.2) is 0 Å². The quantitative estimate of drug-likeness (QED) is 0.184. The maximum Gasteiger partial charge on any atom is 2.00 e. The smallest absolute Gasteiger partial charge is 0.870 e. The first kappa shape index (κ1) is 72.1. The van der Waals surface area contributed by atoms with E-state index >= 15 is 0 Å². The van der Waals surface area contributed by atoms with Crippen molar-refractivity contribution in [1.29, 1.82) is 0 Å². The second kappa shape index (κ2) is 36.6. The fraction of sp³-hybridized carbons (Fsp3) is 0. The van der Waals surface area contributed by atoms with Crippen LogP contribution in [-0.4, -0.2) is 64.3 Å². The Bertz CT molecular complexity index is 452. The molecule has 0 aliphatic heterocycles. The SMILES string of the molecule is O=C([O-])O.O=P([O-])([O-])OP(=O)(O)O.O=P([O-])([O-])OP(=O)([O-])[O-].[Ca+2].[K+].[K+].[K+].[K+].[Na+].[Na+].[OH-]. The number of hydrogen-bond donors (Lipinski definition) is 3. The molecule has 0 heterocycles. The molecule has 0 saturated heterocycles. The van der Waals surface area contributed by atoms with Crippen molar-refractivity contribution in [2.75, 3.05) is 0 Å². The molecule has 0 fully saturated rings. The van der Waals surface area contributed by atoms with E-state index in [4.69, 9.17) is 24.8 Å². The third-order valence-electron chi connectivity index (χ3n) is 0.406. The largest absolute Gasteiger partial charge is 2.00 e. The number of carbonyl (C=O) groups is 1. The van der Waals surface area contributed by atoms with Crippen molar-refractivity contribution in [3.05, 3.63) is 0 Å². The van der Waals surface area contributed by atoms with Gasteiger partial charge in [-0.05, 0) is 0 Å². The van der Waals surface area contributed by atoms with E-state index in [-0.39, 0.29) is 308 Å². The van der Waals surface area contributed by atoms with Gasteiger partial charge in [-0.2, -0.15) is 0 Å². The van der Waals surface area contributed by atoms with E-state index in [1.807, 2.05) is 0 Å². The van der Waals surface area contributed by atoms with Gasteiger partial charge in [-0.25, -0.2) is 4.57 Å². The maximum atomic E-state index is 9.55. The maximum absolute atomic E-state index is 9.55. The molecule has 29 heteroatoms. The molecule has 18 nitrogen and oxygen atoms in total. The molecule has 0 amide bonds. The Kier molecular flexibility index (Phi) is 87.9. The molecule has 0 bridgehead atoms. The minimum absolute atomic E-state index is 0. The molecule has 0 aliphatic carbocycles. The summed E-state index contributed by atoms with van der Waals surface area (Å²) in [4.78, 5) is 79.9. The Morgan fingerprint density at radius 2 is 0.800 bits per heavy atom. The Morgan fingerprint density at radius 1 is 0.667 bits per heavy atom. The Morgan fingerprint density at radius 3 is 0.800 bits per heavy atom. The van der Waals surface area contributed by atoms with Gasteiger partial charge in [-0.3, -0.25) is 4.31 Å². The van der Waals surface area contributed by atoms with Gasteiger partial charge >= 0.3 is 310 Å². The van der Waals surface area contributed by atoms with Crippen LogP contribution in [0.5, 0.6) is 0 Å². The summed E-state index contributed by atoms with van der Waals surface area (Å²) in [5.41, 5.74) is 0. The predicted molar refractivity (Wildman–Crippen MR) is 52.7 cm³/mol. The zero-order chi connectivity index (χ0) is 19.0. The standard InChI is InChI=1S/CH2O3.Ca.4K.2Na.2H4O7P2.H2O/c2-1(3)4;;;;;;;;2*1-8(2,3)7-9(4,5)6;/h(H2,2,3,4);;;;;;;;2*(H2,1,2,3)(H2,4,5,6);1H2/q;+2;6*+1;;;/p-8. The molecule has 0 rings (SSSR count). The summed E-state index contributed by atoms with van der Waals surface area (Å²) in [6.45, 7) is 0. The van der Waals surface area contributed by atoms with Crippen LogP contribution in [-0.2, 0) is 26.9 Å². The van der Waals surface area contributed by atoms with E-state index in [1.165, 1.54) is 0 Å². The van der Waals surface area contributed by atoms with Gasteiger partial charge in [0.2, 0.25) is 6.16 Å². The van der Waals surface area contributed by atoms with Crippen LogP contribution >= 0.6 is 31.3 Å². The monoisotopic (exact) mass is 670 g/mol. The van der Waals surface area contributed by atoms with Crippen LogP contribution in [0.25, 0.3) is 0 Å². The summed E-state index contributed by atoms with van der Waals surface area (Å²) in [6.07, 6.45) is -2.08. The number of hydrogen-bond acceptors (Lipinski definition) is 15. The number of phosphoric acid groups is 4. The summed E-state index contributed by atoms with van der Waals surface area (Å²) >= 11 is 0. The van der Waals surface area contributed by atoms with Crippen LogP contribution in [0, 0.1) is 0 Å². The van der Waals surface area contributed by atoms with Crippen LogP contribution < -0.4 is 299 Å². The van der Waals surface area contributed by atoms with E-state index < -0.39 is 37.4 Å². The molecule has 0 aromatic heterocycles. The first-order chi connectivity index (χ1) is 9.15. The van der Waals surface area contributed by atoms with Gasteiger partial charge in [0.15, 0.2) is 0 Å². The fourth-order valence-corrected chi connectivity index (χ4v) is 2.27.